The van der Waals surface area contributed by atoms with E-state index in [4.69, 9.17) is 39.2 Å². The van der Waals surface area contributed by atoms with E-state index in [2.05, 4.69) is 20.7 Å². The maximum Gasteiger partial charge on any atom is 0.289 e. The van der Waals surface area contributed by atoms with Gasteiger partial charge in [-0.15, -0.1) is 0 Å². The molecule has 0 aliphatic carbocycles. The molecule has 2 heterocycles. The van der Waals surface area contributed by atoms with Crippen molar-refractivity contribution in [2.24, 2.45) is 5.10 Å². The molecule has 6 nitrogen and oxygen atoms in total. The Morgan fingerprint density at radius 3 is 2.57 bits per heavy atom. The number of furan rings is 1. The molecule has 0 saturated heterocycles. The average molecular weight is 460 g/mol. The number of benzene rings is 2. The third-order valence-electron chi connectivity index (χ3n) is 4.15. The zero-order valence-corrected chi connectivity index (χ0v) is 17.5. The van der Waals surface area contributed by atoms with Crippen molar-refractivity contribution < 1.29 is 9.21 Å². The van der Waals surface area contributed by atoms with Gasteiger partial charge in [-0.05, 0) is 30.3 Å². The second kappa shape index (κ2) is 8.75. The molecule has 9 heteroatoms. The van der Waals surface area contributed by atoms with Crippen LogP contribution in [-0.2, 0) is 0 Å². The summed E-state index contributed by atoms with van der Waals surface area (Å²) in [6.07, 6.45) is 1.38. The van der Waals surface area contributed by atoms with Gasteiger partial charge in [-0.3, -0.25) is 9.89 Å². The summed E-state index contributed by atoms with van der Waals surface area (Å²) in [5, 5.41) is 11.9. The molecule has 4 aromatic rings. The minimum Gasteiger partial charge on any atom is -0.455 e. The van der Waals surface area contributed by atoms with E-state index in [1.165, 1.54) is 6.21 Å². The van der Waals surface area contributed by atoms with Crippen molar-refractivity contribution in [2.75, 3.05) is 0 Å². The highest BCUT2D eigenvalue weighted by molar-refractivity contribution is 6.44. The van der Waals surface area contributed by atoms with Crippen molar-refractivity contribution in [3.8, 4) is 22.6 Å². The predicted octanol–water partition coefficient (Wildman–Crippen LogP) is 6.06. The zero-order chi connectivity index (χ0) is 21.1. The highest BCUT2D eigenvalue weighted by Crippen LogP contribution is 2.35. The van der Waals surface area contributed by atoms with Crippen LogP contribution in [0.2, 0.25) is 15.1 Å². The van der Waals surface area contributed by atoms with E-state index >= 15 is 0 Å². The molecule has 150 valence electrons. The van der Waals surface area contributed by atoms with E-state index in [1.807, 2.05) is 30.3 Å². The molecule has 0 fully saturated rings. The summed E-state index contributed by atoms with van der Waals surface area (Å²) in [6.45, 7) is 0. The maximum atomic E-state index is 12.2. The molecule has 2 aromatic carbocycles. The van der Waals surface area contributed by atoms with Gasteiger partial charge in [-0.2, -0.15) is 10.2 Å². The molecule has 2 aromatic heterocycles. The van der Waals surface area contributed by atoms with Crippen LogP contribution in [0.5, 0.6) is 0 Å². The lowest BCUT2D eigenvalue weighted by molar-refractivity contribution is 0.0950. The number of hydrogen-bond donors (Lipinski definition) is 2. The summed E-state index contributed by atoms with van der Waals surface area (Å²) < 4.78 is 5.69. The fourth-order valence-corrected chi connectivity index (χ4v) is 3.33. The van der Waals surface area contributed by atoms with Crippen LogP contribution >= 0.6 is 34.8 Å². The molecule has 0 unspecified atom stereocenters. The number of halogens is 3. The topological polar surface area (TPSA) is 83.3 Å². The summed E-state index contributed by atoms with van der Waals surface area (Å²) in [5.41, 5.74) is 4.88. The second-order valence-electron chi connectivity index (χ2n) is 6.18. The number of hydrogen-bond acceptors (Lipinski definition) is 4. The van der Waals surface area contributed by atoms with E-state index in [-0.39, 0.29) is 5.69 Å². The van der Waals surface area contributed by atoms with E-state index in [0.717, 1.165) is 5.56 Å². The lowest BCUT2D eigenvalue weighted by Crippen LogP contribution is -2.17. The summed E-state index contributed by atoms with van der Waals surface area (Å²) in [5.74, 6) is 0.481. The Bertz CT molecular complexity index is 1230. The number of H-pyrrole nitrogens is 1. The van der Waals surface area contributed by atoms with E-state index < -0.39 is 5.91 Å². The van der Waals surface area contributed by atoms with Gasteiger partial charge in [0.1, 0.15) is 17.2 Å². The van der Waals surface area contributed by atoms with Crippen molar-refractivity contribution in [1.82, 2.24) is 15.6 Å². The van der Waals surface area contributed by atoms with Gasteiger partial charge in [-0.1, -0.05) is 65.1 Å². The summed E-state index contributed by atoms with van der Waals surface area (Å²) in [4.78, 5) is 12.2. The Morgan fingerprint density at radius 1 is 1.00 bits per heavy atom. The average Bonchev–Trinajstić information content (AvgIpc) is 3.41. The molecular weight excluding hydrogens is 447 g/mol. The Morgan fingerprint density at radius 2 is 1.77 bits per heavy atom. The van der Waals surface area contributed by atoms with E-state index in [1.54, 1.807) is 30.3 Å². The molecule has 4 rings (SSSR count). The monoisotopic (exact) mass is 458 g/mol. The van der Waals surface area contributed by atoms with Crippen LogP contribution in [0, 0.1) is 0 Å². The van der Waals surface area contributed by atoms with Crippen LogP contribution in [0.1, 0.15) is 16.2 Å². The van der Waals surface area contributed by atoms with Crippen molar-refractivity contribution >= 4 is 46.9 Å². The lowest BCUT2D eigenvalue weighted by Gasteiger charge is -2.03. The van der Waals surface area contributed by atoms with Gasteiger partial charge in [0.05, 0.1) is 27.0 Å². The number of carbonyl (C=O) groups excluding carboxylic acids is 1. The first-order valence-electron chi connectivity index (χ1n) is 8.70. The Balaban J connectivity index is 1.43. The Kier molecular flexibility index (Phi) is 5.90. The number of rotatable bonds is 5. The zero-order valence-electron chi connectivity index (χ0n) is 15.2. The van der Waals surface area contributed by atoms with Crippen molar-refractivity contribution in [1.29, 1.82) is 0 Å². The normalized spacial score (nSPS) is 11.2. The van der Waals surface area contributed by atoms with Crippen molar-refractivity contribution in [3.05, 3.63) is 87.2 Å². The first-order valence-corrected chi connectivity index (χ1v) is 9.83. The van der Waals surface area contributed by atoms with Crippen LogP contribution < -0.4 is 5.43 Å². The van der Waals surface area contributed by atoms with Gasteiger partial charge < -0.3 is 4.42 Å². The third kappa shape index (κ3) is 4.41. The van der Waals surface area contributed by atoms with E-state index in [0.29, 0.717) is 37.8 Å². The standard InChI is InChI=1S/C21H13Cl3N4O2/c22-15-9-17(24)16(23)8-14(15)20-7-6-13(30-20)11-25-28-21(29)19-10-18(26-27-19)12-4-2-1-3-5-12/h1-11H,(H,26,27)(H,28,29)/b25-11-. The lowest BCUT2D eigenvalue weighted by atomic mass is 10.1. The first-order chi connectivity index (χ1) is 14.5. The number of nitrogens with zero attached hydrogens (tertiary/aromatic N) is 2. The largest absolute Gasteiger partial charge is 0.455 e. The first kappa shape index (κ1) is 20.2. The van der Waals surface area contributed by atoms with Crippen molar-refractivity contribution in [3.63, 3.8) is 0 Å². The van der Waals surface area contributed by atoms with Gasteiger partial charge in [0, 0.05) is 11.1 Å². The van der Waals surface area contributed by atoms with Gasteiger partial charge in [-0.25, -0.2) is 5.43 Å². The predicted molar refractivity (Wildman–Crippen MR) is 118 cm³/mol. The van der Waals surface area contributed by atoms with Gasteiger partial charge >= 0.3 is 0 Å². The van der Waals surface area contributed by atoms with Crippen LogP contribution in [-0.4, -0.2) is 22.3 Å². The molecule has 0 aliphatic heterocycles. The van der Waals surface area contributed by atoms with E-state index in [9.17, 15) is 4.79 Å². The number of carbonyl (C=O) groups is 1. The Hall–Kier alpha value is -3.06. The third-order valence-corrected chi connectivity index (χ3v) is 5.19. The van der Waals surface area contributed by atoms with Crippen LogP contribution in [0.4, 0.5) is 0 Å². The quantitative estimate of drug-likeness (QED) is 0.216. The molecule has 0 bridgehead atoms. The molecule has 0 saturated carbocycles. The molecule has 0 aliphatic rings. The minimum atomic E-state index is -0.430. The minimum absolute atomic E-state index is 0.286. The maximum absolute atomic E-state index is 12.2. The number of aromatic amines is 1. The molecule has 0 spiro atoms. The van der Waals surface area contributed by atoms with Gasteiger partial charge in [0.25, 0.3) is 5.91 Å². The van der Waals surface area contributed by atoms with Gasteiger partial charge in [0.15, 0.2) is 0 Å². The van der Waals surface area contributed by atoms with Crippen LogP contribution in [0.25, 0.3) is 22.6 Å². The molecule has 2 N–H and O–H groups in total. The Labute approximate surface area is 186 Å². The summed E-state index contributed by atoms with van der Waals surface area (Å²) in [6, 6.07) is 17.7. The SMILES string of the molecule is O=C(N/N=C\c1ccc(-c2cc(Cl)c(Cl)cc2Cl)o1)c1cc(-c2ccccc2)n[nH]1. The second-order valence-corrected chi connectivity index (χ2v) is 7.40. The molecular formula is C21H13Cl3N4O2. The number of nitrogens with one attached hydrogen (secondary N) is 2. The summed E-state index contributed by atoms with van der Waals surface area (Å²) in [7, 11) is 0. The highest BCUT2D eigenvalue weighted by Gasteiger charge is 2.12. The van der Waals surface area contributed by atoms with Crippen molar-refractivity contribution in [2.45, 2.75) is 0 Å². The highest BCUT2D eigenvalue weighted by atomic mass is 35.5. The molecule has 0 radical (unpaired) electrons. The number of hydrazone groups is 1. The fourth-order valence-electron chi connectivity index (χ4n) is 2.69. The summed E-state index contributed by atoms with van der Waals surface area (Å²) >= 11 is 18.2. The van der Waals surface area contributed by atoms with Crippen LogP contribution in [0.15, 0.2) is 70.2 Å². The molecule has 30 heavy (non-hydrogen) atoms. The fraction of sp³-hybridized carbons (Fsp3) is 0. The molecule has 1 amide bonds. The van der Waals surface area contributed by atoms with Crippen LogP contribution in [0.3, 0.4) is 0 Å². The smallest absolute Gasteiger partial charge is 0.289 e. The number of amides is 1. The molecule has 0 atom stereocenters. The van der Waals surface area contributed by atoms with Gasteiger partial charge in [0.2, 0.25) is 0 Å². The number of aromatic nitrogens is 2.